The molecule has 0 amide bonds. The van der Waals surface area contributed by atoms with Gasteiger partial charge in [-0.3, -0.25) is 0 Å². The van der Waals surface area contributed by atoms with E-state index in [1.54, 1.807) is 36.4 Å². The SMILES string of the molecule is COc1ccccc1S(=O)(=O)N(Cc1ccc(C#N)cc1)Cc1ccc(C(O)C(O)C(=O)O)c(Cl)c1. The summed E-state index contributed by atoms with van der Waals surface area (Å²) >= 11 is 6.25. The molecule has 0 aliphatic carbocycles. The van der Waals surface area contributed by atoms with Crippen molar-refractivity contribution >= 4 is 27.6 Å². The number of carbonyl (C=O) groups is 1. The van der Waals surface area contributed by atoms with Crippen LogP contribution in [0.2, 0.25) is 5.02 Å². The summed E-state index contributed by atoms with van der Waals surface area (Å²) < 4.78 is 33.8. The molecule has 0 aliphatic rings. The van der Waals surface area contributed by atoms with Crippen LogP contribution in [0.1, 0.15) is 28.4 Å². The number of aliphatic hydroxyl groups is 2. The predicted molar refractivity (Wildman–Crippen MR) is 131 cm³/mol. The number of aliphatic hydroxyl groups excluding tert-OH is 2. The average Bonchev–Trinajstić information content (AvgIpc) is 2.87. The zero-order valence-corrected chi connectivity index (χ0v) is 20.6. The Balaban J connectivity index is 2.00. The highest BCUT2D eigenvalue weighted by Gasteiger charge is 2.30. The molecule has 0 spiro atoms. The van der Waals surface area contributed by atoms with Crippen LogP contribution in [0.3, 0.4) is 0 Å². The number of nitriles is 1. The molecule has 3 aromatic rings. The number of benzene rings is 3. The Labute approximate surface area is 213 Å². The quantitative estimate of drug-likeness (QED) is 0.362. The number of hydrogen-bond donors (Lipinski definition) is 3. The van der Waals surface area contributed by atoms with Crippen molar-refractivity contribution in [3.8, 4) is 11.8 Å². The fraction of sp³-hybridized carbons (Fsp3) is 0.200. The second-order valence-corrected chi connectivity index (χ2v) is 10.1. The first kappa shape index (κ1) is 27.1. The molecule has 0 saturated carbocycles. The fourth-order valence-electron chi connectivity index (χ4n) is 3.50. The Morgan fingerprint density at radius 2 is 1.67 bits per heavy atom. The summed E-state index contributed by atoms with van der Waals surface area (Å²) in [5.41, 5.74) is 1.51. The van der Waals surface area contributed by atoms with Crippen molar-refractivity contribution in [2.45, 2.75) is 30.2 Å². The average molecular weight is 531 g/mol. The van der Waals surface area contributed by atoms with Crippen LogP contribution in [-0.4, -0.2) is 47.2 Å². The van der Waals surface area contributed by atoms with Crippen LogP contribution in [0.15, 0.2) is 71.6 Å². The molecule has 9 nitrogen and oxygen atoms in total. The van der Waals surface area contributed by atoms with Crippen molar-refractivity contribution in [3.63, 3.8) is 0 Å². The van der Waals surface area contributed by atoms with Gasteiger partial charge in [0.05, 0.1) is 18.7 Å². The van der Waals surface area contributed by atoms with Gasteiger partial charge in [0, 0.05) is 23.7 Å². The van der Waals surface area contributed by atoms with E-state index in [1.807, 2.05) is 6.07 Å². The monoisotopic (exact) mass is 530 g/mol. The summed E-state index contributed by atoms with van der Waals surface area (Å²) in [4.78, 5) is 11.0. The molecule has 0 fully saturated rings. The summed E-state index contributed by atoms with van der Waals surface area (Å²) in [7, 11) is -2.72. The Bertz CT molecular complexity index is 1390. The first-order valence-corrected chi connectivity index (χ1v) is 12.4. The van der Waals surface area contributed by atoms with E-state index >= 15 is 0 Å². The second-order valence-electron chi connectivity index (χ2n) is 7.82. The lowest BCUT2D eigenvalue weighted by atomic mass is 10.0. The van der Waals surface area contributed by atoms with Gasteiger partial charge < -0.3 is 20.1 Å². The first-order valence-electron chi connectivity index (χ1n) is 10.6. The number of nitrogens with zero attached hydrogens (tertiary/aromatic N) is 2. The van der Waals surface area contributed by atoms with Crippen LogP contribution in [-0.2, 0) is 27.9 Å². The minimum absolute atomic E-state index is 0.0125. The lowest BCUT2D eigenvalue weighted by molar-refractivity contribution is -0.153. The first-order chi connectivity index (χ1) is 17.1. The molecule has 0 aromatic heterocycles. The van der Waals surface area contributed by atoms with Crippen LogP contribution in [0, 0.1) is 11.3 Å². The summed E-state index contributed by atoms with van der Waals surface area (Å²) in [5, 5.41) is 37.7. The van der Waals surface area contributed by atoms with E-state index in [9.17, 15) is 23.4 Å². The number of ether oxygens (including phenoxy) is 1. The molecule has 2 atom stereocenters. The van der Waals surface area contributed by atoms with Crippen LogP contribution in [0.25, 0.3) is 0 Å². The zero-order chi connectivity index (χ0) is 26.5. The fourth-order valence-corrected chi connectivity index (χ4v) is 5.39. The Kier molecular flexibility index (Phi) is 8.68. The van der Waals surface area contributed by atoms with Crippen LogP contribution in [0.5, 0.6) is 5.75 Å². The molecule has 0 aliphatic heterocycles. The third kappa shape index (κ3) is 6.02. The lowest BCUT2D eigenvalue weighted by Gasteiger charge is -2.24. The molecule has 36 heavy (non-hydrogen) atoms. The van der Waals surface area contributed by atoms with Crippen molar-refractivity contribution in [2.24, 2.45) is 0 Å². The van der Waals surface area contributed by atoms with Gasteiger partial charge in [-0.05, 0) is 41.5 Å². The van der Waals surface area contributed by atoms with E-state index in [0.717, 1.165) is 0 Å². The number of para-hydroxylation sites is 1. The third-order valence-corrected chi connectivity index (χ3v) is 7.58. The van der Waals surface area contributed by atoms with E-state index in [1.165, 1.54) is 41.7 Å². The highest BCUT2D eigenvalue weighted by Crippen LogP contribution is 2.31. The molecular weight excluding hydrogens is 508 g/mol. The largest absolute Gasteiger partial charge is 0.495 e. The van der Waals surface area contributed by atoms with E-state index in [-0.39, 0.29) is 34.3 Å². The standard InChI is InChI=1S/C25H23ClN2O7S/c1-35-21-4-2-3-5-22(21)36(33,34)28(14-17-8-6-16(13-27)7-9-17)15-18-10-11-19(20(26)12-18)23(29)24(30)25(31)32/h2-12,23-24,29-30H,14-15H2,1H3,(H,31,32). The molecule has 0 radical (unpaired) electrons. The van der Waals surface area contributed by atoms with Crippen molar-refractivity contribution < 1.29 is 33.3 Å². The van der Waals surface area contributed by atoms with Gasteiger partial charge in [-0.15, -0.1) is 0 Å². The molecular formula is C25H23ClN2O7S. The van der Waals surface area contributed by atoms with Gasteiger partial charge in [0.15, 0.2) is 6.10 Å². The molecule has 0 bridgehead atoms. The number of hydrogen-bond acceptors (Lipinski definition) is 7. The number of aliphatic carboxylic acids is 1. The number of methoxy groups -OCH3 is 1. The number of sulfonamides is 1. The van der Waals surface area contributed by atoms with Gasteiger partial charge in [0.2, 0.25) is 10.0 Å². The molecule has 188 valence electrons. The number of carboxylic acids is 1. The van der Waals surface area contributed by atoms with Crippen molar-refractivity contribution in [1.29, 1.82) is 5.26 Å². The van der Waals surface area contributed by atoms with Crippen molar-refractivity contribution in [2.75, 3.05) is 7.11 Å². The minimum Gasteiger partial charge on any atom is -0.495 e. The minimum atomic E-state index is -4.09. The van der Waals surface area contributed by atoms with Gasteiger partial charge in [0.25, 0.3) is 0 Å². The van der Waals surface area contributed by atoms with Gasteiger partial charge in [-0.1, -0.05) is 48.0 Å². The van der Waals surface area contributed by atoms with Gasteiger partial charge in [0.1, 0.15) is 16.7 Å². The molecule has 11 heteroatoms. The van der Waals surface area contributed by atoms with Crippen LogP contribution in [0.4, 0.5) is 0 Å². The van der Waals surface area contributed by atoms with Crippen molar-refractivity contribution in [3.05, 3.63) is 94.0 Å². The van der Waals surface area contributed by atoms with E-state index in [2.05, 4.69) is 0 Å². The maximum absolute atomic E-state index is 13.7. The van der Waals surface area contributed by atoms with E-state index < -0.39 is 28.2 Å². The Hall–Kier alpha value is -3.46. The predicted octanol–water partition coefficient (Wildman–Crippen LogP) is 3.09. The van der Waals surface area contributed by atoms with Crippen molar-refractivity contribution in [1.82, 2.24) is 4.31 Å². The molecule has 3 rings (SSSR count). The van der Waals surface area contributed by atoms with E-state index in [4.69, 9.17) is 26.7 Å². The van der Waals surface area contributed by atoms with Gasteiger partial charge in [-0.25, -0.2) is 13.2 Å². The van der Waals surface area contributed by atoms with Crippen LogP contribution >= 0.6 is 11.6 Å². The van der Waals surface area contributed by atoms with Gasteiger partial charge in [-0.2, -0.15) is 9.57 Å². The molecule has 2 unspecified atom stereocenters. The second kappa shape index (κ2) is 11.5. The number of rotatable bonds is 10. The number of carboxylic acid groups (broad SMARTS) is 1. The molecule has 3 N–H and O–H groups in total. The zero-order valence-electron chi connectivity index (χ0n) is 19.1. The third-order valence-electron chi connectivity index (χ3n) is 5.42. The summed E-state index contributed by atoms with van der Waals surface area (Å²) in [6.45, 7) is -0.163. The Morgan fingerprint density at radius 3 is 2.25 bits per heavy atom. The maximum Gasteiger partial charge on any atom is 0.335 e. The Morgan fingerprint density at radius 1 is 1.06 bits per heavy atom. The molecule has 3 aromatic carbocycles. The molecule has 0 saturated heterocycles. The van der Waals surface area contributed by atoms with E-state index in [0.29, 0.717) is 16.7 Å². The highest BCUT2D eigenvalue weighted by molar-refractivity contribution is 7.89. The lowest BCUT2D eigenvalue weighted by Crippen LogP contribution is -2.31. The van der Waals surface area contributed by atoms with Crippen LogP contribution < -0.4 is 4.74 Å². The number of halogens is 1. The summed E-state index contributed by atoms with van der Waals surface area (Å²) in [6.07, 6.45) is -3.84. The highest BCUT2D eigenvalue weighted by atomic mass is 35.5. The normalized spacial score (nSPS) is 13.1. The molecule has 0 heterocycles. The maximum atomic E-state index is 13.7. The summed E-state index contributed by atoms with van der Waals surface area (Å²) in [5.74, 6) is -1.44. The summed E-state index contributed by atoms with van der Waals surface area (Å²) in [6, 6.07) is 18.9. The van der Waals surface area contributed by atoms with Gasteiger partial charge >= 0.3 is 5.97 Å². The topological polar surface area (TPSA) is 148 Å². The smallest absolute Gasteiger partial charge is 0.335 e.